The van der Waals surface area contributed by atoms with E-state index in [4.69, 9.17) is 0 Å². The standard InChI is InChI=1S/C13H23NO2.C2H6/c1-9(2)11-7-14(8-11)13(16)10-3-5-12(15)6-4-10;1-2/h9-12,15H,3-8H2,1-2H3;1-2H3. The van der Waals surface area contributed by atoms with Crippen LogP contribution in [0.15, 0.2) is 0 Å². The van der Waals surface area contributed by atoms with Crippen LogP contribution in [0.25, 0.3) is 0 Å². The van der Waals surface area contributed by atoms with Gasteiger partial charge in [-0.3, -0.25) is 4.79 Å². The van der Waals surface area contributed by atoms with Crippen LogP contribution in [0.4, 0.5) is 0 Å². The predicted molar refractivity (Wildman–Crippen MR) is 74.2 cm³/mol. The normalized spacial score (nSPS) is 28.4. The molecule has 3 heteroatoms. The molecule has 0 spiro atoms. The number of likely N-dealkylation sites (tertiary alicyclic amines) is 1. The van der Waals surface area contributed by atoms with Gasteiger partial charge in [0.05, 0.1) is 6.10 Å². The molecule has 106 valence electrons. The molecule has 0 unspecified atom stereocenters. The molecule has 3 nitrogen and oxygen atoms in total. The van der Waals surface area contributed by atoms with Crippen molar-refractivity contribution in [3.8, 4) is 0 Å². The Morgan fingerprint density at radius 1 is 1.11 bits per heavy atom. The Labute approximate surface area is 112 Å². The van der Waals surface area contributed by atoms with Gasteiger partial charge in [-0.15, -0.1) is 0 Å². The zero-order chi connectivity index (χ0) is 13.7. The molecule has 0 radical (unpaired) electrons. The van der Waals surface area contributed by atoms with E-state index in [0.717, 1.165) is 38.8 Å². The van der Waals surface area contributed by atoms with Crippen molar-refractivity contribution in [1.29, 1.82) is 0 Å². The monoisotopic (exact) mass is 255 g/mol. The van der Waals surface area contributed by atoms with Crippen LogP contribution in [0.5, 0.6) is 0 Å². The number of carbonyl (C=O) groups is 1. The van der Waals surface area contributed by atoms with Crippen molar-refractivity contribution < 1.29 is 9.90 Å². The van der Waals surface area contributed by atoms with Crippen LogP contribution in [0, 0.1) is 17.8 Å². The fraction of sp³-hybridized carbons (Fsp3) is 0.933. The molecule has 0 aromatic heterocycles. The second-order valence-corrected chi connectivity index (χ2v) is 5.75. The van der Waals surface area contributed by atoms with Gasteiger partial charge in [0.15, 0.2) is 0 Å². The van der Waals surface area contributed by atoms with Gasteiger partial charge in [-0.1, -0.05) is 27.7 Å². The highest BCUT2D eigenvalue weighted by Crippen LogP contribution is 2.30. The first kappa shape index (κ1) is 15.5. The summed E-state index contributed by atoms with van der Waals surface area (Å²) in [5, 5.41) is 9.41. The van der Waals surface area contributed by atoms with E-state index in [1.807, 2.05) is 18.7 Å². The van der Waals surface area contributed by atoms with E-state index in [0.29, 0.717) is 17.7 Å². The Kier molecular flexibility index (Phi) is 6.13. The molecular weight excluding hydrogens is 226 g/mol. The summed E-state index contributed by atoms with van der Waals surface area (Å²) in [6.07, 6.45) is 3.20. The number of aliphatic hydroxyl groups is 1. The molecule has 1 heterocycles. The summed E-state index contributed by atoms with van der Waals surface area (Å²) in [7, 11) is 0. The van der Waals surface area contributed by atoms with E-state index < -0.39 is 0 Å². The molecule has 1 saturated carbocycles. The zero-order valence-electron chi connectivity index (χ0n) is 12.4. The predicted octanol–water partition coefficient (Wildman–Crippen LogP) is 2.68. The SMILES string of the molecule is CC.CC(C)C1CN(C(=O)C2CCC(O)CC2)C1. The summed E-state index contributed by atoms with van der Waals surface area (Å²) in [5.74, 6) is 1.93. The van der Waals surface area contributed by atoms with Gasteiger partial charge in [-0.25, -0.2) is 0 Å². The van der Waals surface area contributed by atoms with Crippen LogP contribution in [0.1, 0.15) is 53.4 Å². The maximum Gasteiger partial charge on any atom is 0.225 e. The van der Waals surface area contributed by atoms with E-state index in [9.17, 15) is 9.90 Å². The first-order valence-electron chi connectivity index (χ1n) is 7.54. The summed E-state index contributed by atoms with van der Waals surface area (Å²) in [5.41, 5.74) is 0. The Balaban J connectivity index is 0.000000771. The van der Waals surface area contributed by atoms with E-state index in [-0.39, 0.29) is 12.0 Å². The lowest BCUT2D eigenvalue weighted by atomic mass is 9.83. The number of hydrogen-bond donors (Lipinski definition) is 1. The zero-order valence-corrected chi connectivity index (χ0v) is 12.4. The number of carbonyl (C=O) groups excluding carboxylic acids is 1. The average molecular weight is 255 g/mol. The summed E-state index contributed by atoms with van der Waals surface area (Å²) in [6, 6.07) is 0. The molecule has 1 aliphatic heterocycles. The van der Waals surface area contributed by atoms with Crippen molar-refractivity contribution in [2.45, 2.75) is 59.5 Å². The molecule has 18 heavy (non-hydrogen) atoms. The third-order valence-electron chi connectivity index (χ3n) is 4.21. The maximum atomic E-state index is 12.1. The van der Waals surface area contributed by atoms with Gasteiger partial charge in [0.25, 0.3) is 0 Å². The van der Waals surface area contributed by atoms with Crippen LogP contribution >= 0.6 is 0 Å². The largest absolute Gasteiger partial charge is 0.393 e. The quantitative estimate of drug-likeness (QED) is 0.824. The van der Waals surface area contributed by atoms with E-state index in [1.165, 1.54) is 0 Å². The summed E-state index contributed by atoms with van der Waals surface area (Å²) >= 11 is 0. The molecular formula is C15H29NO2. The topological polar surface area (TPSA) is 40.5 Å². The second-order valence-electron chi connectivity index (χ2n) is 5.75. The van der Waals surface area contributed by atoms with Gasteiger partial charge in [0.2, 0.25) is 5.91 Å². The van der Waals surface area contributed by atoms with Crippen molar-refractivity contribution >= 4 is 5.91 Å². The van der Waals surface area contributed by atoms with Crippen LogP contribution in [-0.2, 0) is 4.79 Å². The molecule has 1 saturated heterocycles. The second kappa shape index (κ2) is 7.13. The Bertz CT molecular complexity index is 251. The fourth-order valence-corrected chi connectivity index (χ4v) is 2.70. The number of aliphatic hydroxyl groups excluding tert-OH is 1. The Morgan fingerprint density at radius 3 is 2.06 bits per heavy atom. The lowest BCUT2D eigenvalue weighted by Gasteiger charge is -2.43. The van der Waals surface area contributed by atoms with E-state index in [1.54, 1.807) is 0 Å². The number of hydrogen-bond acceptors (Lipinski definition) is 2. The van der Waals surface area contributed by atoms with Gasteiger partial charge in [-0.2, -0.15) is 0 Å². The third-order valence-corrected chi connectivity index (χ3v) is 4.21. The van der Waals surface area contributed by atoms with Gasteiger partial charge in [-0.05, 0) is 37.5 Å². The highest BCUT2D eigenvalue weighted by atomic mass is 16.3. The average Bonchev–Trinajstić information content (AvgIpc) is 2.30. The Morgan fingerprint density at radius 2 is 1.61 bits per heavy atom. The molecule has 1 amide bonds. The lowest BCUT2D eigenvalue weighted by molar-refractivity contribution is -0.144. The van der Waals surface area contributed by atoms with Crippen molar-refractivity contribution in [1.82, 2.24) is 4.90 Å². The third kappa shape index (κ3) is 3.71. The molecule has 1 aliphatic carbocycles. The summed E-state index contributed by atoms with van der Waals surface area (Å²) < 4.78 is 0. The first-order chi connectivity index (χ1) is 8.58. The molecule has 0 bridgehead atoms. The van der Waals surface area contributed by atoms with Gasteiger partial charge < -0.3 is 10.0 Å². The molecule has 2 rings (SSSR count). The molecule has 2 aliphatic rings. The van der Waals surface area contributed by atoms with Crippen molar-refractivity contribution in [2.24, 2.45) is 17.8 Å². The number of amides is 1. The summed E-state index contributed by atoms with van der Waals surface area (Å²) in [4.78, 5) is 14.1. The van der Waals surface area contributed by atoms with E-state index >= 15 is 0 Å². The Hall–Kier alpha value is -0.570. The molecule has 0 aromatic rings. The smallest absolute Gasteiger partial charge is 0.225 e. The molecule has 2 fully saturated rings. The number of rotatable bonds is 2. The van der Waals surface area contributed by atoms with Gasteiger partial charge in [0.1, 0.15) is 0 Å². The fourth-order valence-electron chi connectivity index (χ4n) is 2.70. The van der Waals surface area contributed by atoms with Crippen LogP contribution < -0.4 is 0 Å². The van der Waals surface area contributed by atoms with Crippen molar-refractivity contribution in [3.63, 3.8) is 0 Å². The highest BCUT2D eigenvalue weighted by molar-refractivity contribution is 5.79. The van der Waals surface area contributed by atoms with E-state index in [2.05, 4.69) is 13.8 Å². The number of nitrogens with zero attached hydrogens (tertiary/aromatic N) is 1. The molecule has 0 aromatic carbocycles. The highest BCUT2D eigenvalue weighted by Gasteiger charge is 2.36. The van der Waals surface area contributed by atoms with Gasteiger partial charge >= 0.3 is 0 Å². The minimum absolute atomic E-state index is 0.163. The minimum Gasteiger partial charge on any atom is -0.393 e. The van der Waals surface area contributed by atoms with Crippen LogP contribution in [0.2, 0.25) is 0 Å². The molecule has 1 N–H and O–H groups in total. The maximum absolute atomic E-state index is 12.1. The van der Waals surface area contributed by atoms with Crippen molar-refractivity contribution in [3.05, 3.63) is 0 Å². The lowest BCUT2D eigenvalue weighted by Crippen LogP contribution is -2.54. The first-order valence-corrected chi connectivity index (χ1v) is 7.54. The van der Waals surface area contributed by atoms with Crippen molar-refractivity contribution in [2.75, 3.05) is 13.1 Å². The molecule has 0 atom stereocenters. The van der Waals surface area contributed by atoms with Crippen LogP contribution in [0.3, 0.4) is 0 Å². The minimum atomic E-state index is -0.163. The summed E-state index contributed by atoms with van der Waals surface area (Å²) in [6.45, 7) is 10.4. The van der Waals surface area contributed by atoms with Gasteiger partial charge in [0, 0.05) is 19.0 Å². The van der Waals surface area contributed by atoms with Crippen LogP contribution in [-0.4, -0.2) is 35.1 Å².